The molecule has 0 aromatic rings. The largest absolute Gasteiger partial charge is 0.481 e. The Kier molecular flexibility index (Phi) is 6.08. The number of nitrogens with one attached hydrogen (secondary N) is 1. The van der Waals surface area contributed by atoms with Crippen molar-refractivity contribution in [3.63, 3.8) is 0 Å². The van der Waals surface area contributed by atoms with Crippen molar-refractivity contribution in [1.29, 1.82) is 0 Å². The molecule has 110 valence electrons. The predicted octanol–water partition coefficient (Wildman–Crippen LogP) is 1.31. The molecule has 3 unspecified atom stereocenters. The van der Waals surface area contributed by atoms with Crippen LogP contribution in [0.3, 0.4) is 0 Å². The number of morpholine rings is 1. The molecule has 0 aromatic carbocycles. The van der Waals surface area contributed by atoms with Crippen molar-refractivity contribution < 1.29 is 19.4 Å². The van der Waals surface area contributed by atoms with Gasteiger partial charge in [0, 0.05) is 13.1 Å². The number of carboxylic acid groups (broad SMARTS) is 1. The maximum atomic E-state index is 12.1. The number of urea groups is 1. The Morgan fingerprint density at radius 2 is 2.16 bits per heavy atom. The molecule has 2 amide bonds. The van der Waals surface area contributed by atoms with Crippen LogP contribution in [0.5, 0.6) is 0 Å². The van der Waals surface area contributed by atoms with Gasteiger partial charge in [0.15, 0.2) is 0 Å². The molecule has 1 rings (SSSR count). The van der Waals surface area contributed by atoms with E-state index in [1.165, 1.54) is 0 Å². The normalized spacial score (nSPS) is 24.9. The average Bonchev–Trinajstić information content (AvgIpc) is 2.38. The van der Waals surface area contributed by atoms with E-state index in [9.17, 15) is 9.59 Å². The number of carboxylic acids is 1. The lowest BCUT2D eigenvalue weighted by atomic mass is 10.1. The Balaban J connectivity index is 2.52. The highest BCUT2D eigenvalue weighted by molar-refractivity contribution is 5.76. The highest BCUT2D eigenvalue weighted by atomic mass is 16.5. The van der Waals surface area contributed by atoms with Crippen LogP contribution in [0.1, 0.15) is 33.6 Å². The lowest BCUT2D eigenvalue weighted by molar-refractivity contribution is -0.141. The molecular weight excluding hydrogens is 248 g/mol. The second-order valence-corrected chi connectivity index (χ2v) is 4.99. The third-order valence-corrected chi connectivity index (χ3v) is 3.54. The molecule has 1 saturated heterocycles. The molecule has 0 saturated carbocycles. The molecule has 6 heteroatoms. The fourth-order valence-corrected chi connectivity index (χ4v) is 2.15. The number of nitrogens with zero attached hydrogens (tertiary/aromatic N) is 1. The van der Waals surface area contributed by atoms with Crippen molar-refractivity contribution >= 4 is 12.0 Å². The summed E-state index contributed by atoms with van der Waals surface area (Å²) < 4.78 is 5.53. The van der Waals surface area contributed by atoms with Crippen molar-refractivity contribution in [2.24, 2.45) is 5.92 Å². The van der Waals surface area contributed by atoms with E-state index in [4.69, 9.17) is 9.84 Å². The number of amides is 2. The number of hydrogen-bond acceptors (Lipinski definition) is 3. The fourth-order valence-electron chi connectivity index (χ4n) is 2.15. The molecule has 0 aromatic heterocycles. The number of aliphatic carboxylic acids is 1. The van der Waals surface area contributed by atoms with Gasteiger partial charge in [-0.25, -0.2) is 4.79 Å². The summed E-state index contributed by atoms with van der Waals surface area (Å²) in [5.74, 6) is -1.40. The Labute approximate surface area is 114 Å². The second kappa shape index (κ2) is 7.33. The third-order valence-electron chi connectivity index (χ3n) is 3.54. The van der Waals surface area contributed by atoms with Gasteiger partial charge in [0.25, 0.3) is 0 Å². The van der Waals surface area contributed by atoms with Gasteiger partial charge in [-0.1, -0.05) is 13.8 Å². The van der Waals surface area contributed by atoms with Gasteiger partial charge in [-0.15, -0.1) is 0 Å². The van der Waals surface area contributed by atoms with Gasteiger partial charge in [-0.3, -0.25) is 4.79 Å². The first-order valence-corrected chi connectivity index (χ1v) is 6.88. The summed E-state index contributed by atoms with van der Waals surface area (Å²) >= 11 is 0. The fraction of sp³-hybridized carbons (Fsp3) is 0.846. The van der Waals surface area contributed by atoms with E-state index >= 15 is 0 Å². The molecule has 0 spiro atoms. The molecule has 1 aliphatic heterocycles. The second-order valence-electron chi connectivity index (χ2n) is 4.99. The van der Waals surface area contributed by atoms with Crippen LogP contribution in [0.15, 0.2) is 0 Å². The summed E-state index contributed by atoms with van der Waals surface area (Å²) in [4.78, 5) is 24.8. The first-order valence-electron chi connectivity index (χ1n) is 6.88. The van der Waals surface area contributed by atoms with Crippen LogP contribution in [-0.2, 0) is 9.53 Å². The van der Waals surface area contributed by atoms with Crippen molar-refractivity contribution in [2.75, 3.05) is 19.7 Å². The Morgan fingerprint density at radius 3 is 2.68 bits per heavy atom. The minimum Gasteiger partial charge on any atom is -0.481 e. The van der Waals surface area contributed by atoms with Crippen molar-refractivity contribution in [1.82, 2.24) is 10.2 Å². The van der Waals surface area contributed by atoms with Gasteiger partial charge in [0.2, 0.25) is 0 Å². The van der Waals surface area contributed by atoms with Crippen LogP contribution in [0.4, 0.5) is 4.79 Å². The zero-order chi connectivity index (χ0) is 14.4. The van der Waals surface area contributed by atoms with Crippen LogP contribution in [0.2, 0.25) is 0 Å². The van der Waals surface area contributed by atoms with Gasteiger partial charge in [-0.05, 0) is 19.8 Å². The van der Waals surface area contributed by atoms with Crippen LogP contribution in [-0.4, -0.2) is 53.8 Å². The summed E-state index contributed by atoms with van der Waals surface area (Å²) in [6.45, 7) is 7.01. The Morgan fingerprint density at radius 1 is 1.47 bits per heavy atom. The van der Waals surface area contributed by atoms with Gasteiger partial charge < -0.3 is 20.1 Å². The van der Waals surface area contributed by atoms with Gasteiger partial charge >= 0.3 is 12.0 Å². The molecule has 0 radical (unpaired) electrons. The van der Waals surface area contributed by atoms with Gasteiger partial charge in [0.1, 0.15) is 0 Å². The van der Waals surface area contributed by atoms with Crippen molar-refractivity contribution in [3.05, 3.63) is 0 Å². The summed E-state index contributed by atoms with van der Waals surface area (Å²) in [6, 6.07) is -0.122. The zero-order valence-corrected chi connectivity index (χ0v) is 11.9. The highest BCUT2D eigenvalue weighted by Crippen LogP contribution is 2.14. The smallest absolute Gasteiger partial charge is 0.317 e. The topological polar surface area (TPSA) is 78.9 Å². The molecule has 6 nitrogen and oxygen atoms in total. The summed E-state index contributed by atoms with van der Waals surface area (Å²) in [7, 11) is 0. The maximum absolute atomic E-state index is 12.1. The summed E-state index contributed by atoms with van der Waals surface area (Å²) in [5.41, 5.74) is 0. The van der Waals surface area contributed by atoms with E-state index < -0.39 is 11.9 Å². The molecular formula is C13H24N2O4. The summed E-state index contributed by atoms with van der Waals surface area (Å²) in [6.07, 6.45) is 1.36. The highest BCUT2D eigenvalue weighted by Gasteiger charge is 2.29. The van der Waals surface area contributed by atoms with Gasteiger partial charge in [0.05, 0.1) is 24.7 Å². The Hall–Kier alpha value is -1.30. The molecule has 2 N–H and O–H groups in total. The number of ether oxygens (including phenoxy) is 1. The van der Waals surface area contributed by atoms with Crippen LogP contribution in [0.25, 0.3) is 0 Å². The lowest BCUT2D eigenvalue weighted by Gasteiger charge is -2.38. The molecule has 1 fully saturated rings. The average molecular weight is 272 g/mol. The molecule has 3 atom stereocenters. The zero-order valence-electron chi connectivity index (χ0n) is 11.9. The van der Waals surface area contributed by atoms with E-state index in [0.717, 1.165) is 6.42 Å². The van der Waals surface area contributed by atoms with Crippen LogP contribution >= 0.6 is 0 Å². The molecule has 0 bridgehead atoms. The Bertz CT molecular complexity index is 322. The lowest BCUT2D eigenvalue weighted by Crippen LogP contribution is -2.55. The number of carbonyl (C=O) groups is 2. The molecule has 1 aliphatic rings. The minimum absolute atomic E-state index is 0.0231. The maximum Gasteiger partial charge on any atom is 0.317 e. The number of carbonyl (C=O) groups excluding carboxylic acids is 1. The summed E-state index contributed by atoms with van der Waals surface area (Å²) in [5, 5.41) is 11.7. The molecule has 19 heavy (non-hydrogen) atoms. The van der Waals surface area contributed by atoms with Crippen LogP contribution in [0, 0.1) is 5.92 Å². The van der Waals surface area contributed by atoms with E-state index in [-0.39, 0.29) is 24.7 Å². The standard InChI is InChI=1S/C13H24N2O4/c1-4-10(12(16)17)6-14-13(18)15-7-9(3)19-8-11(15)5-2/h9-11H,4-8H2,1-3H3,(H,14,18)(H,16,17). The first kappa shape index (κ1) is 15.8. The minimum atomic E-state index is -0.870. The molecule has 0 aliphatic carbocycles. The van der Waals surface area contributed by atoms with E-state index in [1.807, 2.05) is 13.8 Å². The molecule has 1 heterocycles. The SMILES string of the molecule is CCC(CNC(=O)N1CC(C)OCC1CC)C(=O)O. The quantitative estimate of drug-likeness (QED) is 0.791. The van der Waals surface area contributed by atoms with Crippen molar-refractivity contribution in [2.45, 2.75) is 45.8 Å². The van der Waals surface area contributed by atoms with Crippen molar-refractivity contribution in [3.8, 4) is 0 Å². The van der Waals surface area contributed by atoms with E-state index in [0.29, 0.717) is 19.6 Å². The van der Waals surface area contributed by atoms with Gasteiger partial charge in [-0.2, -0.15) is 0 Å². The monoisotopic (exact) mass is 272 g/mol. The number of rotatable bonds is 5. The number of hydrogen-bond donors (Lipinski definition) is 2. The van der Waals surface area contributed by atoms with E-state index in [1.54, 1.807) is 11.8 Å². The van der Waals surface area contributed by atoms with E-state index in [2.05, 4.69) is 5.32 Å². The third kappa shape index (κ3) is 4.38. The first-order chi connectivity index (χ1) is 8.99. The predicted molar refractivity (Wildman–Crippen MR) is 71.0 cm³/mol. The van der Waals surface area contributed by atoms with Crippen LogP contribution < -0.4 is 5.32 Å².